The van der Waals surface area contributed by atoms with Crippen LogP contribution in [0.2, 0.25) is 5.02 Å². The molecule has 2 aromatic carbocycles. The number of nitriles is 1. The fourth-order valence-electron chi connectivity index (χ4n) is 4.36. The van der Waals surface area contributed by atoms with Crippen LogP contribution in [0.3, 0.4) is 0 Å². The molecule has 2 aliphatic rings. The fourth-order valence-corrected chi connectivity index (χ4v) is 6.06. The van der Waals surface area contributed by atoms with Crippen molar-refractivity contribution in [3.8, 4) is 23.3 Å². The Hall–Kier alpha value is -2.69. The van der Waals surface area contributed by atoms with Crippen molar-refractivity contribution >= 4 is 23.4 Å². The largest absolute Gasteiger partial charge is 0.493 e. The first-order chi connectivity index (χ1) is 15.7. The van der Waals surface area contributed by atoms with Crippen molar-refractivity contribution in [1.29, 1.82) is 5.26 Å². The maximum Gasteiger partial charge on any atom is 0.165 e. The number of halogens is 1. The number of hydrogen-bond donors (Lipinski definition) is 0. The van der Waals surface area contributed by atoms with Crippen molar-refractivity contribution in [2.24, 2.45) is 0 Å². The number of hydrogen-bond acceptors (Lipinski definition) is 6. The van der Waals surface area contributed by atoms with Crippen LogP contribution < -0.4 is 9.47 Å². The number of rotatable bonds is 6. The molecule has 0 bridgehead atoms. The van der Waals surface area contributed by atoms with Gasteiger partial charge in [0.2, 0.25) is 0 Å². The van der Waals surface area contributed by atoms with Gasteiger partial charge in [0.25, 0.3) is 0 Å². The van der Waals surface area contributed by atoms with E-state index in [4.69, 9.17) is 21.1 Å². The van der Waals surface area contributed by atoms with Crippen molar-refractivity contribution in [3.05, 3.63) is 64.2 Å². The molecule has 1 aliphatic heterocycles. The molecule has 32 heavy (non-hydrogen) atoms. The molecule has 8 heteroatoms. The monoisotopic (exact) mass is 466 g/mol. The maximum absolute atomic E-state index is 9.31. The zero-order chi connectivity index (χ0) is 22.2. The third-order valence-electron chi connectivity index (χ3n) is 5.99. The smallest absolute Gasteiger partial charge is 0.165 e. The molecule has 0 amide bonds. The predicted molar refractivity (Wildman–Crippen MR) is 125 cm³/mol. The lowest BCUT2D eigenvalue weighted by Gasteiger charge is -2.23. The van der Waals surface area contributed by atoms with Crippen molar-refractivity contribution in [1.82, 2.24) is 14.8 Å². The zero-order valence-corrected chi connectivity index (χ0v) is 19.5. The van der Waals surface area contributed by atoms with Gasteiger partial charge in [0.05, 0.1) is 36.5 Å². The molecule has 1 saturated carbocycles. The van der Waals surface area contributed by atoms with Crippen molar-refractivity contribution in [2.75, 3.05) is 14.2 Å². The summed E-state index contributed by atoms with van der Waals surface area (Å²) in [5, 5.41) is 19.1. The van der Waals surface area contributed by atoms with E-state index in [1.807, 2.05) is 24.3 Å². The lowest BCUT2D eigenvalue weighted by molar-refractivity contribution is 0.352. The van der Waals surface area contributed by atoms with Crippen LogP contribution in [-0.2, 0) is 0 Å². The summed E-state index contributed by atoms with van der Waals surface area (Å²) >= 11 is 8.27. The number of thioether (sulfide) groups is 1. The van der Waals surface area contributed by atoms with Crippen LogP contribution in [0.4, 0.5) is 0 Å². The Labute approximate surface area is 196 Å². The predicted octanol–water partition coefficient (Wildman–Crippen LogP) is 6.00. The van der Waals surface area contributed by atoms with Gasteiger partial charge in [-0.05, 0) is 49.1 Å². The van der Waals surface area contributed by atoms with Gasteiger partial charge in [-0.3, -0.25) is 4.57 Å². The molecule has 5 rings (SSSR count). The molecule has 1 aliphatic carbocycles. The highest BCUT2D eigenvalue weighted by Crippen LogP contribution is 2.55. The molecule has 3 aromatic rings. The normalized spacial score (nSPS) is 19.4. The van der Waals surface area contributed by atoms with Crippen LogP contribution >= 0.6 is 23.4 Å². The van der Waals surface area contributed by atoms with E-state index in [9.17, 15) is 5.26 Å². The van der Waals surface area contributed by atoms with Gasteiger partial charge in [-0.1, -0.05) is 23.7 Å². The Balaban J connectivity index is 1.75. The fraction of sp³-hybridized carbons (Fsp3) is 0.375. The van der Waals surface area contributed by atoms with Gasteiger partial charge < -0.3 is 9.47 Å². The van der Waals surface area contributed by atoms with E-state index < -0.39 is 0 Å². The number of methoxy groups -OCH3 is 2. The van der Waals surface area contributed by atoms with Crippen LogP contribution in [0, 0.1) is 11.3 Å². The molecule has 2 atom stereocenters. The lowest BCUT2D eigenvalue weighted by Crippen LogP contribution is -2.07. The van der Waals surface area contributed by atoms with Gasteiger partial charge in [0, 0.05) is 22.9 Å². The van der Waals surface area contributed by atoms with Gasteiger partial charge >= 0.3 is 0 Å². The van der Waals surface area contributed by atoms with E-state index in [0.29, 0.717) is 35.3 Å². The number of para-hydroxylation sites is 1. The molecule has 2 unspecified atom stereocenters. The number of ether oxygens (including phenoxy) is 2. The van der Waals surface area contributed by atoms with Crippen LogP contribution in [0.25, 0.3) is 5.69 Å². The second-order valence-corrected chi connectivity index (χ2v) is 9.76. The maximum atomic E-state index is 9.31. The Morgan fingerprint density at radius 1 is 1.12 bits per heavy atom. The van der Waals surface area contributed by atoms with E-state index in [1.165, 1.54) is 0 Å². The molecule has 164 valence electrons. The summed E-state index contributed by atoms with van der Waals surface area (Å²) in [4.78, 5) is 0. The van der Waals surface area contributed by atoms with Gasteiger partial charge in [0.1, 0.15) is 5.82 Å². The molecule has 1 fully saturated rings. The highest BCUT2D eigenvalue weighted by atomic mass is 35.5. The summed E-state index contributed by atoms with van der Waals surface area (Å²) < 4.78 is 13.6. The lowest BCUT2D eigenvalue weighted by atomic mass is 10.0. The SMILES string of the molecule is COc1cccc(C2SC(CCC#N)c3nnc(C4CC4)n3-c3ccc(Cl)cc32)c1OC. The Kier molecular flexibility index (Phi) is 5.75. The van der Waals surface area contributed by atoms with E-state index in [1.54, 1.807) is 26.0 Å². The molecular formula is C24H23ClN4O2S. The molecule has 0 radical (unpaired) electrons. The summed E-state index contributed by atoms with van der Waals surface area (Å²) in [6.45, 7) is 0. The highest BCUT2D eigenvalue weighted by molar-refractivity contribution is 8.00. The molecule has 0 spiro atoms. The summed E-state index contributed by atoms with van der Waals surface area (Å²) in [7, 11) is 3.31. The van der Waals surface area contributed by atoms with E-state index in [-0.39, 0.29) is 10.5 Å². The average molecular weight is 467 g/mol. The Morgan fingerprint density at radius 3 is 2.66 bits per heavy atom. The second kappa shape index (κ2) is 8.68. The summed E-state index contributed by atoms with van der Waals surface area (Å²) in [6.07, 6.45) is 3.39. The first-order valence-corrected chi connectivity index (χ1v) is 12.0. The van der Waals surface area contributed by atoms with Crippen LogP contribution in [0.1, 0.15) is 64.9 Å². The molecule has 2 heterocycles. The average Bonchev–Trinajstić information content (AvgIpc) is 3.59. The summed E-state index contributed by atoms with van der Waals surface area (Å²) in [6, 6.07) is 14.2. The van der Waals surface area contributed by atoms with Gasteiger partial charge in [-0.15, -0.1) is 22.0 Å². The third kappa shape index (κ3) is 3.62. The Bertz CT molecular complexity index is 1200. The number of fused-ring (bicyclic) bond motifs is 3. The molecule has 1 aromatic heterocycles. The molecule has 0 N–H and O–H groups in total. The zero-order valence-electron chi connectivity index (χ0n) is 17.9. The van der Waals surface area contributed by atoms with E-state index >= 15 is 0 Å². The summed E-state index contributed by atoms with van der Waals surface area (Å²) in [5.74, 6) is 3.73. The minimum atomic E-state index is -0.0776. The molecular weight excluding hydrogens is 444 g/mol. The van der Waals surface area contributed by atoms with Crippen molar-refractivity contribution in [2.45, 2.75) is 42.1 Å². The van der Waals surface area contributed by atoms with Gasteiger partial charge in [-0.25, -0.2) is 0 Å². The quantitative estimate of drug-likeness (QED) is 0.443. The van der Waals surface area contributed by atoms with Crippen molar-refractivity contribution < 1.29 is 9.47 Å². The minimum absolute atomic E-state index is 0.00160. The Morgan fingerprint density at radius 2 is 1.94 bits per heavy atom. The minimum Gasteiger partial charge on any atom is -0.493 e. The second-order valence-electron chi connectivity index (χ2n) is 8.01. The number of aromatic nitrogens is 3. The number of benzene rings is 2. The van der Waals surface area contributed by atoms with E-state index in [0.717, 1.165) is 41.3 Å². The number of nitrogens with zero attached hydrogens (tertiary/aromatic N) is 4. The third-order valence-corrected chi connectivity index (χ3v) is 7.78. The molecule has 6 nitrogen and oxygen atoms in total. The molecule has 0 saturated heterocycles. The highest BCUT2D eigenvalue weighted by Gasteiger charge is 2.38. The first kappa shape index (κ1) is 21.2. The van der Waals surface area contributed by atoms with Crippen molar-refractivity contribution in [3.63, 3.8) is 0 Å². The topological polar surface area (TPSA) is 73.0 Å². The standard InChI is InChI=1S/C24H23ClN4O2S/c1-30-19-6-3-5-16(21(19)31-2)22-17-13-15(25)10-11-18(17)29-23(14-8-9-14)27-28-24(29)20(32-22)7-4-12-26/h3,5-6,10-11,13-14,20,22H,4,7-9H2,1-2H3. The van der Waals surface area contributed by atoms with Crippen LogP contribution in [0.15, 0.2) is 36.4 Å². The van der Waals surface area contributed by atoms with Gasteiger partial charge in [0.15, 0.2) is 17.3 Å². The van der Waals surface area contributed by atoms with E-state index in [2.05, 4.69) is 33.0 Å². The summed E-state index contributed by atoms with van der Waals surface area (Å²) in [5.41, 5.74) is 3.13. The first-order valence-electron chi connectivity index (χ1n) is 10.6. The van der Waals surface area contributed by atoms with Gasteiger partial charge in [-0.2, -0.15) is 5.26 Å². The van der Waals surface area contributed by atoms with Crippen LogP contribution in [0.5, 0.6) is 11.5 Å². The van der Waals surface area contributed by atoms with Crippen LogP contribution in [-0.4, -0.2) is 29.0 Å².